The van der Waals surface area contributed by atoms with E-state index in [1.165, 1.54) is 12.1 Å². The van der Waals surface area contributed by atoms with Crippen LogP contribution >= 0.6 is 0 Å². The number of benzene rings is 2. The first-order valence-electron chi connectivity index (χ1n) is 10.2. The standard InChI is InChI=1S/C23H26FN3O2/c1-2-17-5-3-4-6-21(17)27-16-18(15-22(27)28)23(29)26-13-11-25(12-14-26)20-9-7-19(24)8-10-20/h3-10,18H,2,11-16H2,1H3/t18-/m0/s1. The predicted octanol–water partition coefficient (Wildman–Crippen LogP) is 3.09. The highest BCUT2D eigenvalue weighted by atomic mass is 19.1. The molecule has 2 aliphatic rings. The second kappa shape index (κ2) is 8.23. The predicted molar refractivity (Wildman–Crippen MR) is 111 cm³/mol. The second-order valence-corrected chi connectivity index (χ2v) is 7.68. The number of para-hydroxylation sites is 1. The second-order valence-electron chi connectivity index (χ2n) is 7.68. The maximum absolute atomic E-state index is 13.1. The molecule has 0 radical (unpaired) electrons. The Morgan fingerprint density at radius 1 is 1.03 bits per heavy atom. The number of piperazine rings is 1. The Morgan fingerprint density at radius 2 is 1.72 bits per heavy atom. The lowest BCUT2D eigenvalue weighted by molar-refractivity contribution is -0.136. The van der Waals surface area contributed by atoms with Crippen LogP contribution in [0.2, 0.25) is 0 Å². The normalized spacial score (nSPS) is 19.7. The summed E-state index contributed by atoms with van der Waals surface area (Å²) in [5.41, 5.74) is 3.02. The summed E-state index contributed by atoms with van der Waals surface area (Å²) < 4.78 is 13.1. The van der Waals surface area contributed by atoms with Crippen LogP contribution < -0.4 is 9.80 Å². The van der Waals surface area contributed by atoms with Gasteiger partial charge in [-0.3, -0.25) is 9.59 Å². The molecule has 2 amide bonds. The van der Waals surface area contributed by atoms with Crippen molar-refractivity contribution in [1.29, 1.82) is 0 Å². The zero-order valence-corrected chi connectivity index (χ0v) is 16.7. The minimum atomic E-state index is -0.287. The number of carbonyl (C=O) groups excluding carboxylic acids is 2. The molecule has 2 saturated heterocycles. The molecule has 0 bridgehead atoms. The fourth-order valence-corrected chi connectivity index (χ4v) is 4.27. The first-order chi connectivity index (χ1) is 14.1. The molecule has 0 saturated carbocycles. The van der Waals surface area contributed by atoms with Gasteiger partial charge in [-0.05, 0) is 42.3 Å². The van der Waals surface area contributed by atoms with Crippen LogP contribution in [0.15, 0.2) is 48.5 Å². The molecular formula is C23H26FN3O2. The molecule has 1 atom stereocenters. The number of rotatable bonds is 4. The van der Waals surface area contributed by atoms with Crippen molar-refractivity contribution in [2.75, 3.05) is 42.5 Å². The lowest BCUT2D eigenvalue weighted by atomic mass is 10.1. The highest BCUT2D eigenvalue weighted by Crippen LogP contribution is 2.30. The van der Waals surface area contributed by atoms with Crippen molar-refractivity contribution in [3.63, 3.8) is 0 Å². The smallest absolute Gasteiger partial charge is 0.228 e. The molecule has 2 aliphatic heterocycles. The monoisotopic (exact) mass is 395 g/mol. The van der Waals surface area contributed by atoms with Crippen molar-refractivity contribution >= 4 is 23.2 Å². The first-order valence-corrected chi connectivity index (χ1v) is 10.2. The molecule has 2 aromatic carbocycles. The van der Waals surface area contributed by atoms with Gasteiger partial charge in [0.25, 0.3) is 0 Å². The maximum atomic E-state index is 13.1. The Kier molecular flexibility index (Phi) is 5.51. The van der Waals surface area contributed by atoms with Crippen LogP contribution in [0, 0.1) is 11.7 Å². The number of hydrogen-bond donors (Lipinski definition) is 0. The molecular weight excluding hydrogens is 369 g/mol. The summed E-state index contributed by atoms with van der Waals surface area (Å²) in [6.07, 6.45) is 1.12. The third-order valence-corrected chi connectivity index (χ3v) is 5.92. The zero-order chi connectivity index (χ0) is 20.4. The topological polar surface area (TPSA) is 43.9 Å². The van der Waals surface area contributed by atoms with Crippen LogP contribution in [0.3, 0.4) is 0 Å². The third-order valence-electron chi connectivity index (χ3n) is 5.92. The Labute approximate surface area is 170 Å². The molecule has 0 spiro atoms. The van der Waals surface area contributed by atoms with Gasteiger partial charge in [0.15, 0.2) is 0 Å². The lowest BCUT2D eigenvalue weighted by Crippen LogP contribution is -2.50. The molecule has 6 heteroatoms. The van der Waals surface area contributed by atoms with Gasteiger partial charge in [0.05, 0.1) is 5.92 Å². The van der Waals surface area contributed by atoms with Gasteiger partial charge in [0.2, 0.25) is 11.8 Å². The number of nitrogens with zero attached hydrogens (tertiary/aromatic N) is 3. The van der Waals surface area contributed by atoms with Crippen molar-refractivity contribution in [3.8, 4) is 0 Å². The molecule has 0 aromatic heterocycles. The average molecular weight is 395 g/mol. The summed E-state index contributed by atoms with van der Waals surface area (Å²) in [6, 6.07) is 14.4. The van der Waals surface area contributed by atoms with Crippen LogP contribution in [0.4, 0.5) is 15.8 Å². The van der Waals surface area contributed by atoms with Gasteiger partial charge in [-0.25, -0.2) is 4.39 Å². The summed E-state index contributed by atoms with van der Waals surface area (Å²) >= 11 is 0. The molecule has 2 fully saturated rings. The number of carbonyl (C=O) groups is 2. The molecule has 2 heterocycles. The summed E-state index contributed by atoms with van der Waals surface area (Å²) in [5.74, 6) is -0.449. The fourth-order valence-electron chi connectivity index (χ4n) is 4.27. The van der Waals surface area contributed by atoms with Crippen LogP contribution in [-0.4, -0.2) is 49.4 Å². The number of halogens is 1. The van der Waals surface area contributed by atoms with Gasteiger partial charge >= 0.3 is 0 Å². The molecule has 152 valence electrons. The highest BCUT2D eigenvalue weighted by Gasteiger charge is 2.38. The van der Waals surface area contributed by atoms with E-state index < -0.39 is 0 Å². The average Bonchev–Trinajstić information content (AvgIpc) is 3.15. The lowest BCUT2D eigenvalue weighted by Gasteiger charge is -2.37. The van der Waals surface area contributed by atoms with Gasteiger partial charge in [-0.1, -0.05) is 25.1 Å². The van der Waals surface area contributed by atoms with E-state index in [0.29, 0.717) is 32.7 Å². The number of anilines is 2. The van der Waals surface area contributed by atoms with E-state index in [9.17, 15) is 14.0 Å². The summed E-state index contributed by atoms with van der Waals surface area (Å²) in [4.78, 5) is 31.5. The zero-order valence-electron chi connectivity index (χ0n) is 16.7. The minimum Gasteiger partial charge on any atom is -0.368 e. The van der Waals surface area contributed by atoms with Gasteiger partial charge < -0.3 is 14.7 Å². The van der Waals surface area contributed by atoms with E-state index >= 15 is 0 Å². The van der Waals surface area contributed by atoms with Gasteiger partial charge in [0.1, 0.15) is 5.82 Å². The number of amides is 2. The van der Waals surface area contributed by atoms with Crippen LogP contribution in [0.25, 0.3) is 0 Å². The van der Waals surface area contributed by atoms with Crippen LogP contribution in [0.5, 0.6) is 0 Å². The van der Waals surface area contributed by atoms with E-state index in [2.05, 4.69) is 11.8 Å². The maximum Gasteiger partial charge on any atom is 0.228 e. The van der Waals surface area contributed by atoms with Crippen molar-refractivity contribution in [1.82, 2.24) is 4.90 Å². The van der Waals surface area contributed by atoms with Crippen molar-refractivity contribution < 1.29 is 14.0 Å². The Bertz CT molecular complexity index is 891. The molecule has 0 aliphatic carbocycles. The molecule has 0 unspecified atom stereocenters. The first kappa shape index (κ1) is 19.4. The quantitative estimate of drug-likeness (QED) is 0.799. The van der Waals surface area contributed by atoms with Crippen LogP contribution in [0.1, 0.15) is 18.9 Å². The fraction of sp³-hybridized carbons (Fsp3) is 0.391. The van der Waals surface area contributed by atoms with Gasteiger partial charge in [0, 0.05) is 50.5 Å². The Hall–Kier alpha value is -2.89. The molecule has 5 nitrogen and oxygen atoms in total. The minimum absolute atomic E-state index is 0.0224. The summed E-state index contributed by atoms with van der Waals surface area (Å²) in [5, 5.41) is 0. The van der Waals surface area contributed by atoms with E-state index in [-0.39, 0.29) is 30.0 Å². The van der Waals surface area contributed by atoms with Crippen molar-refractivity contribution in [2.45, 2.75) is 19.8 Å². The molecule has 4 rings (SSSR count). The SMILES string of the molecule is CCc1ccccc1N1C[C@@H](C(=O)N2CCN(c3ccc(F)cc3)CC2)CC1=O. The van der Waals surface area contributed by atoms with E-state index in [1.807, 2.05) is 29.2 Å². The van der Waals surface area contributed by atoms with E-state index in [1.54, 1.807) is 17.0 Å². The summed E-state index contributed by atoms with van der Waals surface area (Å²) in [7, 11) is 0. The Balaban J connectivity index is 1.38. The van der Waals surface area contributed by atoms with E-state index in [0.717, 1.165) is 23.4 Å². The van der Waals surface area contributed by atoms with Crippen LogP contribution in [-0.2, 0) is 16.0 Å². The molecule has 2 aromatic rings. The van der Waals surface area contributed by atoms with Crippen molar-refractivity contribution in [2.24, 2.45) is 5.92 Å². The number of aryl methyl sites for hydroxylation is 1. The molecule has 29 heavy (non-hydrogen) atoms. The molecule has 0 N–H and O–H groups in total. The largest absolute Gasteiger partial charge is 0.368 e. The van der Waals surface area contributed by atoms with E-state index in [4.69, 9.17) is 0 Å². The Morgan fingerprint density at radius 3 is 2.41 bits per heavy atom. The highest BCUT2D eigenvalue weighted by molar-refractivity contribution is 6.00. The number of hydrogen-bond acceptors (Lipinski definition) is 3. The third kappa shape index (κ3) is 3.97. The van der Waals surface area contributed by atoms with Gasteiger partial charge in [-0.15, -0.1) is 0 Å². The van der Waals surface area contributed by atoms with Crippen molar-refractivity contribution in [3.05, 3.63) is 59.9 Å². The van der Waals surface area contributed by atoms with Gasteiger partial charge in [-0.2, -0.15) is 0 Å². The summed E-state index contributed by atoms with van der Waals surface area (Å²) in [6.45, 7) is 5.18.